The van der Waals surface area contributed by atoms with Gasteiger partial charge in [0, 0.05) is 41.6 Å². The average Bonchev–Trinajstić information content (AvgIpc) is 3.68. The van der Waals surface area contributed by atoms with Crippen molar-refractivity contribution < 1.29 is 32.7 Å². The molecule has 2 saturated heterocycles. The number of piperidine rings is 2. The zero-order chi connectivity index (χ0) is 34.7. The lowest BCUT2D eigenvalue weighted by atomic mass is 9.82. The maximum Gasteiger partial charge on any atom is 0.255 e. The van der Waals surface area contributed by atoms with E-state index in [9.17, 15) is 24.4 Å². The number of nitrogens with zero attached hydrogens (tertiary/aromatic N) is 3. The van der Waals surface area contributed by atoms with Crippen LogP contribution >= 0.6 is 0 Å². The highest BCUT2D eigenvalue weighted by Crippen LogP contribution is 2.65. The maximum absolute atomic E-state index is 15.5. The number of fused-ring (bicyclic) bond motifs is 1. The highest BCUT2D eigenvalue weighted by atomic mass is 19.1. The number of ether oxygens (including phenoxy) is 1. The summed E-state index contributed by atoms with van der Waals surface area (Å²) >= 11 is 0. The van der Waals surface area contributed by atoms with Gasteiger partial charge in [-0.1, -0.05) is 18.2 Å². The third-order valence-corrected chi connectivity index (χ3v) is 10.9. The van der Waals surface area contributed by atoms with E-state index >= 15 is 8.78 Å². The SMILES string of the molecule is CC(C)(C=O)c1cc(N2CCC3(CC2)CC3c2ccc(COc3cccc4c3CN([C@H]3CCC(=O)NC3=O)C4=O)c(F)c2)c(F)cc1C#N. The number of hydrogen-bond acceptors (Lipinski definition) is 7. The fourth-order valence-electron chi connectivity index (χ4n) is 7.80. The number of rotatable bonds is 8. The minimum absolute atomic E-state index is 0.0143. The van der Waals surface area contributed by atoms with Crippen molar-refractivity contribution in [3.8, 4) is 11.8 Å². The Morgan fingerprint density at radius 1 is 1.08 bits per heavy atom. The molecule has 1 saturated carbocycles. The molecule has 0 radical (unpaired) electrons. The van der Waals surface area contributed by atoms with Crippen LogP contribution in [0.5, 0.6) is 5.75 Å². The normalized spacial score (nSPS) is 21.3. The second-order valence-electron chi connectivity index (χ2n) is 14.2. The van der Waals surface area contributed by atoms with Gasteiger partial charge < -0.3 is 19.3 Å². The summed E-state index contributed by atoms with van der Waals surface area (Å²) in [5.74, 6) is -1.37. The molecule has 252 valence electrons. The fourth-order valence-corrected chi connectivity index (χ4v) is 7.80. The molecule has 1 unspecified atom stereocenters. The lowest BCUT2D eigenvalue weighted by molar-refractivity contribution is -0.137. The number of anilines is 1. The zero-order valence-corrected chi connectivity index (χ0v) is 27.4. The van der Waals surface area contributed by atoms with Gasteiger partial charge in [0.2, 0.25) is 11.8 Å². The minimum Gasteiger partial charge on any atom is -0.488 e. The summed E-state index contributed by atoms with van der Waals surface area (Å²) in [7, 11) is 0. The van der Waals surface area contributed by atoms with E-state index in [1.807, 2.05) is 17.0 Å². The molecular formula is C38H36F2N4O5. The summed E-state index contributed by atoms with van der Waals surface area (Å²) in [4.78, 5) is 52.3. The van der Waals surface area contributed by atoms with Crippen molar-refractivity contribution in [3.63, 3.8) is 0 Å². The summed E-state index contributed by atoms with van der Waals surface area (Å²) in [5.41, 5.74) is 2.49. The van der Waals surface area contributed by atoms with Crippen molar-refractivity contribution in [3.05, 3.63) is 93.5 Å². The van der Waals surface area contributed by atoms with Crippen LogP contribution in [-0.4, -0.2) is 48.0 Å². The van der Waals surface area contributed by atoms with Gasteiger partial charge in [-0.05, 0) is 92.3 Å². The van der Waals surface area contributed by atoms with Crippen LogP contribution in [0, 0.1) is 28.4 Å². The van der Waals surface area contributed by atoms with Crippen LogP contribution in [0.2, 0.25) is 0 Å². The van der Waals surface area contributed by atoms with Gasteiger partial charge >= 0.3 is 0 Å². The Kier molecular flexibility index (Phi) is 8.01. The lowest BCUT2D eigenvalue weighted by Crippen LogP contribution is -2.52. The Bertz CT molecular complexity index is 1940. The van der Waals surface area contributed by atoms with E-state index in [1.165, 1.54) is 11.0 Å². The van der Waals surface area contributed by atoms with E-state index in [0.29, 0.717) is 46.8 Å². The van der Waals surface area contributed by atoms with E-state index in [0.717, 1.165) is 31.1 Å². The van der Waals surface area contributed by atoms with Gasteiger partial charge in [0.1, 0.15) is 36.3 Å². The van der Waals surface area contributed by atoms with Crippen LogP contribution in [0.1, 0.15) is 90.0 Å². The first-order valence-electron chi connectivity index (χ1n) is 16.6. The van der Waals surface area contributed by atoms with Crippen LogP contribution in [0.4, 0.5) is 14.5 Å². The van der Waals surface area contributed by atoms with E-state index in [-0.39, 0.29) is 60.5 Å². The van der Waals surface area contributed by atoms with Gasteiger partial charge in [0.15, 0.2) is 0 Å². The number of nitrogens with one attached hydrogen (secondary N) is 1. The number of imide groups is 1. The molecule has 7 rings (SSSR count). The van der Waals surface area contributed by atoms with Crippen molar-refractivity contribution in [1.29, 1.82) is 5.26 Å². The Morgan fingerprint density at radius 3 is 2.55 bits per heavy atom. The smallest absolute Gasteiger partial charge is 0.255 e. The van der Waals surface area contributed by atoms with Crippen LogP contribution in [0.3, 0.4) is 0 Å². The number of benzene rings is 3. The molecule has 1 aliphatic carbocycles. The lowest BCUT2D eigenvalue weighted by Gasteiger charge is -2.35. The first-order chi connectivity index (χ1) is 23.4. The Hall–Kier alpha value is -5.11. The monoisotopic (exact) mass is 666 g/mol. The molecule has 11 heteroatoms. The predicted molar refractivity (Wildman–Crippen MR) is 175 cm³/mol. The second kappa shape index (κ2) is 12.1. The number of halogens is 2. The standard InChI is InChI=1S/C38H36F2N4O5/c1-37(2,21-45)27-16-32(30(40)15-24(27)18-41)43-12-10-38(11-13-43)17-28(38)22-6-7-23(29(39)14-22)20-49-33-5-3-4-25-26(33)19-44(36(25)48)31-8-9-34(46)42-35(31)47/h3-7,14-16,21,28,31H,8-13,17,19-20H2,1-2H3,(H,42,46,47)/t28?,31-/m0/s1. The van der Waals surface area contributed by atoms with Crippen LogP contribution in [-0.2, 0) is 33.0 Å². The topological polar surface area (TPSA) is 120 Å². The molecule has 1 spiro atoms. The quantitative estimate of drug-likeness (QED) is 0.252. The zero-order valence-electron chi connectivity index (χ0n) is 27.4. The van der Waals surface area contributed by atoms with Gasteiger partial charge in [-0.2, -0.15) is 5.26 Å². The first-order valence-corrected chi connectivity index (χ1v) is 16.6. The van der Waals surface area contributed by atoms with Crippen LogP contribution < -0.4 is 15.0 Å². The Morgan fingerprint density at radius 2 is 1.86 bits per heavy atom. The molecule has 3 aromatic carbocycles. The molecule has 0 bridgehead atoms. The van der Waals surface area contributed by atoms with Gasteiger partial charge in [0.25, 0.3) is 5.91 Å². The number of nitriles is 1. The summed E-state index contributed by atoms with van der Waals surface area (Å²) in [5, 5.41) is 11.8. The molecule has 3 aromatic rings. The van der Waals surface area contributed by atoms with E-state index in [1.54, 1.807) is 50.2 Å². The van der Waals surface area contributed by atoms with Gasteiger partial charge in [-0.3, -0.25) is 19.7 Å². The van der Waals surface area contributed by atoms with Crippen LogP contribution in [0.15, 0.2) is 48.5 Å². The molecule has 3 amide bonds. The second-order valence-corrected chi connectivity index (χ2v) is 14.2. The first kappa shape index (κ1) is 32.4. The minimum atomic E-state index is -0.924. The molecule has 4 aliphatic rings. The van der Waals surface area contributed by atoms with Crippen molar-refractivity contribution in [2.24, 2.45) is 5.41 Å². The maximum atomic E-state index is 15.5. The van der Waals surface area contributed by atoms with Gasteiger partial charge in [-0.15, -0.1) is 0 Å². The molecule has 9 nitrogen and oxygen atoms in total. The third-order valence-electron chi connectivity index (χ3n) is 10.9. The summed E-state index contributed by atoms with van der Waals surface area (Å²) in [6.07, 6.45) is 3.74. The molecule has 49 heavy (non-hydrogen) atoms. The summed E-state index contributed by atoms with van der Waals surface area (Å²) in [6, 6.07) is 14.5. The largest absolute Gasteiger partial charge is 0.488 e. The van der Waals surface area contributed by atoms with Gasteiger partial charge in [0.05, 0.1) is 23.9 Å². The number of aldehydes is 1. The third kappa shape index (κ3) is 5.73. The summed E-state index contributed by atoms with van der Waals surface area (Å²) < 4.78 is 36.6. The van der Waals surface area contributed by atoms with E-state index in [4.69, 9.17) is 4.74 Å². The fraction of sp³-hybridized carbons (Fsp3) is 0.395. The molecule has 2 atom stereocenters. The van der Waals surface area contributed by atoms with E-state index in [2.05, 4.69) is 5.32 Å². The molecule has 3 fully saturated rings. The molecular weight excluding hydrogens is 630 g/mol. The Labute approximate surface area is 282 Å². The molecule has 1 N–H and O–H groups in total. The highest BCUT2D eigenvalue weighted by molar-refractivity contribution is 6.05. The van der Waals surface area contributed by atoms with Crippen molar-refractivity contribution >= 4 is 29.7 Å². The highest BCUT2D eigenvalue weighted by Gasteiger charge is 2.55. The van der Waals surface area contributed by atoms with Crippen molar-refractivity contribution in [2.45, 2.75) is 76.5 Å². The molecule has 0 aromatic heterocycles. The van der Waals surface area contributed by atoms with Crippen molar-refractivity contribution in [2.75, 3.05) is 18.0 Å². The number of hydrogen-bond donors (Lipinski definition) is 1. The van der Waals surface area contributed by atoms with Gasteiger partial charge in [-0.25, -0.2) is 8.78 Å². The van der Waals surface area contributed by atoms with Crippen LogP contribution in [0.25, 0.3) is 0 Å². The Balaban J connectivity index is 0.992. The average molecular weight is 667 g/mol. The van der Waals surface area contributed by atoms with Crippen molar-refractivity contribution in [1.82, 2.24) is 10.2 Å². The summed E-state index contributed by atoms with van der Waals surface area (Å²) in [6.45, 7) is 4.76. The molecule has 3 heterocycles. The number of carbonyl (C=O) groups excluding carboxylic acids is 4. The molecule has 3 aliphatic heterocycles. The predicted octanol–water partition coefficient (Wildman–Crippen LogP) is 5.43. The number of amides is 3. The number of carbonyl (C=O) groups is 4. The van der Waals surface area contributed by atoms with E-state index < -0.39 is 23.2 Å².